The first-order chi connectivity index (χ1) is 15.0. The summed E-state index contributed by atoms with van der Waals surface area (Å²) in [4.78, 5) is 37.0. The van der Waals surface area contributed by atoms with Crippen LogP contribution < -0.4 is 10.9 Å². The second-order valence-electron chi connectivity index (χ2n) is 7.65. The fraction of sp³-hybridized carbons (Fsp3) is 0.304. The lowest BCUT2D eigenvalue weighted by Crippen LogP contribution is -2.20. The van der Waals surface area contributed by atoms with Crippen molar-refractivity contribution in [2.75, 3.05) is 20.1 Å². The third kappa shape index (κ3) is 4.39. The molecule has 1 fully saturated rings. The molecule has 31 heavy (non-hydrogen) atoms. The number of hydrogen-bond donors (Lipinski definition) is 2. The molecule has 160 valence electrons. The van der Waals surface area contributed by atoms with Gasteiger partial charge in [-0.15, -0.1) is 0 Å². The van der Waals surface area contributed by atoms with Gasteiger partial charge in [0.15, 0.2) is 5.82 Å². The summed E-state index contributed by atoms with van der Waals surface area (Å²) >= 11 is 0. The Hall–Kier alpha value is -3.39. The molecule has 0 atom stereocenters. The molecule has 0 aromatic carbocycles. The maximum atomic E-state index is 15.0. The number of nitrogens with one attached hydrogen (secondary N) is 2. The van der Waals surface area contributed by atoms with Crippen molar-refractivity contribution < 1.29 is 9.18 Å². The lowest BCUT2D eigenvalue weighted by molar-refractivity contribution is 0.0958. The zero-order chi connectivity index (χ0) is 22.0. The van der Waals surface area contributed by atoms with Crippen molar-refractivity contribution in [1.29, 1.82) is 0 Å². The van der Waals surface area contributed by atoms with Crippen molar-refractivity contribution in [3.63, 3.8) is 0 Å². The number of fused-ring (bicyclic) bond motifs is 1. The first-order valence-corrected chi connectivity index (χ1v) is 10.3. The van der Waals surface area contributed by atoms with Gasteiger partial charge in [-0.3, -0.25) is 24.5 Å². The van der Waals surface area contributed by atoms with Gasteiger partial charge in [-0.1, -0.05) is 24.6 Å². The summed E-state index contributed by atoms with van der Waals surface area (Å²) in [6.45, 7) is 3.81. The molecule has 1 amide bonds. The van der Waals surface area contributed by atoms with Crippen molar-refractivity contribution in [2.45, 2.75) is 26.3 Å². The van der Waals surface area contributed by atoms with Crippen LogP contribution in [0.4, 0.5) is 4.39 Å². The van der Waals surface area contributed by atoms with Gasteiger partial charge in [-0.25, -0.2) is 4.39 Å². The quantitative estimate of drug-likeness (QED) is 0.661. The van der Waals surface area contributed by atoms with Crippen molar-refractivity contribution in [2.24, 2.45) is 0 Å². The van der Waals surface area contributed by atoms with E-state index in [2.05, 4.69) is 31.2 Å². The van der Waals surface area contributed by atoms with Gasteiger partial charge in [-0.2, -0.15) is 0 Å². The van der Waals surface area contributed by atoms with Crippen molar-refractivity contribution in [1.82, 2.24) is 25.2 Å². The number of amides is 1. The Morgan fingerprint density at radius 1 is 1.29 bits per heavy atom. The summed E-state index contributed by atoms with van der Waals surface area (Å²) in [6, 6.07) is 5.21. The minimum atomic E-state index is -0.420. The van der Waals surface area contributed by atoms with Crippen LogP contribution in [-0.2, 0) is 13.0 Å². The third-order valence-corrected chi connectivity index (χ3v) is 5.53. The van der Waals surface area contributed by atoms with E-state index in [0.29, 0.717) is 41.8 Å². The maximum Gasteiger partial charge on any atom is 0.269 e. The van der Waals surface area contributed by atoms with Crippen LogP contribution in [0.15, 0.2) is 41.0 Å². The smallest absolute Gasteiger partial charge is 0.269 e. The summed E-state index contributed by atoms with van der Waals surface area (Å²) in [5.41, 5.74) is 3.93. The summed E-state index contributed by atoms with van der Waals surface area (Å²) in [5.74, 6) is -0.638. The number of carbonyl (C=O) groups is 1. The third-order valence-electron chi connectivity index (χ3n) is 5.53. The predicted molar refractivity (Wildman–Crippen MR) is 117 cm³/mol. The highest BCUT2D eigenvalue weighted by Gasteiger charge is 2.20. The van der Waals surface area contributed by atoms with E-state index in [4.69, 9.17) is 0 Å². The second kappa shape index (κ2) is 8.77. The molecule has 1 saturated heterocycles. The molecule has 2 N–H and O–H groups in total. The largest absolute Gasteiger partial charge is 0.354 e. The van der Waals surface area contributed by atoms with Gasteiger partial charge < -0.3 is 10.3 Å². The highest BCUT2D eigenvalue weighted by molar-refractivity contribution is 5.92. The lowest BCUT2D eigenvalue weighted by Gasteiger charge is -2.15. The van der Waals surface area contributed by atoms with E-state index >= 15 is 4.39 Å². The molecule has 4 heterocycles. The van der Waals surface area contributed by atoms with Crippen LogP contribution in [0.1, 0.15) is 40.5 Å². The summed E-state index contributed by atoms with van der Waals surface area (Å²) in [5, 5.41) is 2.55. The van der Waals surface area contributed by atoms with Crippen LogP contribution in [0.5, 0.6) is 0 Å². The maximum absolute atomic E-state index is 15.0. The minimum Gasteiger partial charge on any atom is -0.354 e. The number of aromatic nitrogens is 3. The predicted octanol–water partition coefficient (Wildman–Crippen LogP) is 2.67. The zero-order valence-corrected chi connectivity index (χ0v) is 17.5. The van der Waals surface area contributed by atoms with E-state index < -0.39 is 5.82 Å². The number of H-pyrrole nitrogens is 1. The number of aromatic amines is 1. The molecule has 4 rings (SSSR count). The molecule has 0 radical (unpaired) electrons. The second-order valence-corrected chi connectivity index (χ2v) is 7.65. The minimum absolute atomic E-state index is 0.164. The number of pyridine rings is 3. The number of nitrogens with zero attached hydrogens (tertiary/aromatic N) is 3. The molecule has 1 aliphatic heterocycles. The molecule has 0 saturated carbocycles. The Morgan fingerprint density at radius 3 is 2.84 bits per heavy atom. The van der Waals surface area contributed by atoms with Crippen LogP contribution in [0.25, 0.3) is 17.1 Å². The van der Waals surface area contributed by atoms with Crippen molar-refractivity contribution >= 4 is 23.0 Å². The Morgan fingerprint density at radius 2 is 2.13 bits per heavy atom. The molecule has 8 heteroatoms. The van der Waals surface area contributed by atoms with E-state index in [1.807, 2.05) is 13.0 Å². The van der Waals surface area contributed by atoms with Gasteiger partial charge in [-0.05, 0) is 30.5 Å². The first kappa shape index (κ1) is 20.9. The topological polar surface area (TPSA) is 91.0 Å². The normalized spacial score (nSPS) is 15.6. The molecule has 0 bridgehead atoms. The fourth-order valence-electron chi connectivity index (χ4n) is 3.80. The van der Waals surface area contributed by atoms with Gasteiger partial charge in [0.1, 0.15) is 11.2 Å². The average molecular weight is 421 g/mol. The number of rotatable bonds is 5. The molecule has 1 aliphatic rings. The molecule has 0 aliphatic carbocycles. The molecule has 7 nitrogen and oxygen atoms in total. The zero-order valence-electron chi connectivity index (χ0n) is 17.5. The number of likely N-dealkylation sites (tertiary alicyclic amines) is 1. The van der Waals surface area contributed by atoms with E-state index in [9.17, 15) is 9.59 Å². The number of hydrogen-bond acceptors (Lipinski definition) is 5. The highest BCUT2D eigenvalue weighted by Crippen LogP contribution is 2.23. The monoisotopic (exact) mass is 421 g/mol. The first-order valence-electron chi connectivity index (χ1n) is 10.3. The van der Waals surface area contributed by atoms with E-state index in [1.54, 1.807) is 31.6 Å². The molecular formula is C23H24FN5O2. The van der Waals surface area contributed by atoms with Gasteiger partial charge in [0, 0.05) is 50.2 Å². The fourth-order valence-corrected chi connectivity index (χ4v) is 3.80. The molecule has 3 aromatic heterocycles. The van der Waals surface area contributed by atoms with Crippen LogP contribution in [0, 0.1) is 5.82 Å². The highest BCUT2D eigenvalue weighted by atomic mass is 19.1. The molecule has 0 unspecified atom stereocenters. The van der Waals surface area contributed by atoms with Gasteiger partial charge in [0.25, 0.3) is 11.5 Å². The van der Waals surface area contributed by atoms with Crippen molar-refractivity contribution in [3.05, 3.63) is 74.7 Å². The lowest BCUT2D eigenvalue weighted by atomic mass is 10.1. The Bertz CT molecular complexity index is 1220. The van der Waals surface area contributed by atoms with Crippen LogP contribution in [-0.4, -0.2) is 45.9 Å². The number of aryl methyl sites for hydroxylation is 1. The molecule has 0 spiro atoms. The molecule has 3 aromatic rings. The number of carbonyl (C=O) groups excluding carboxylic acids is 1. The Kier molecular flexibility index (Phi) is 5.90. The van der Waals surface area contributed by atoms with E-state index in [0.717, 1.165) is 18.5 Å². The summed E-state index contributed by atoms with van der Waals surface area (Å²) in [6.07, 6.45) is 6.73. The average Bonchev–Trinajstić information content (AvgIpc) is 3.22. The molecular weight excluding hydrogens is 397 g/mol. The summed E-state index contributed by atoms with van der Waals surface area (Å²) < 4.78 is 15.0. The summed E-state index contributed by atoms with van der Waals surface area (Å²) in [7, 11) is 1.57. The van der Waals surface area contributed by atoms with Crippen LogP contribution in [0.2, 0.25) is 0 Å². The SMILES string of the molecule is CCc1cc2ncc(CN3CC/C(=C\c4ccc(C(=O)NC)nc4)C3)c(F)c2[nH]c1=O. The van der Waals surface area contributed by atoms with Crippen LogP contribution in [0.3, 0.4) is 0 Å². The van der Waals surface area contributed by atoms with Gasteiger partial charge in [0.05, 0.1) is 5.52 Å². The number of halogens is 1. The van der Waals surface area contributed by atoms with Gasteiger partial charge in [0.2, 0.25) is 0 Å². The van der Waals surface area contributed by atoms with E-state index in [1.165, 1.54) is 5.57 Å². The standard InChI is InChI=1S/C23H24FN5O2/c1-3-16-9-19-21(28-22(16)30)20(24)17(11-27-19)13-29-7-6-15(12-29)8-14-4-5-18(26-10-14)23(31)25-2/h4-5,8-11H,3,6-7,12-13H2,1-2H3,(H,25,31)(H,28,30)/b15-8+. The Labute approximate surface area is 179 Å². The Balaban J connectivity index is 1.48. The van der Waals surface area contributed by atoms with E-state index in [-0.39, 0.29) is 17.0 Å². The van der Waals surface area contributed by atoms with Gasteiger partial charge >= 0.3 is 0 Å². The van der Waals surface area contributed by atoms with Crippen molar-refractivity contribution in [3.8, 4) is 0 Å². The van der Waals surface area contributed by atoms with Crippen LogP contribution >= 0.6 is 0 Å².